The van der Waals surface area contributed by atoms with Gasteiger partial charge in [0.05, 0.1) is 27.7 Å². The Morgan fingerprint density at radius 1 is 1.38 bits per heavy atom. The molecular formula is C23H19BrN2O5S. The molecule has 0 saturated carbocycles. The molecule has 0 aliphatic carbocycles. The van der Waals surface area contributed by atoms with Crippen LogP contribution >= 0.6 is 27.7 Å². The fraction of sp³-hybridized carbons (Fsp3) is 0.174. The van der Waals surface area contributed by atoms with E-state index in [9.17, 15) is 14.7 Å². The monoisotopic (exact) mass is 514 g/mol. The summed E-state index contributed by atoms with van der Waals surface area (Å²) in [6.07, 6.45) is 7.00. The maximum atomic E-state index is 12.9. The predicted octanol–water partition coefficient (Wildman–Crippen LogP) is 4.79. The Labute approximate surface area is 198 Å². The van der Waals surface area contributed by atoms with Crippen molar-refractivity contribution in [3.63, 3.8) is 0 Å². The molecule has 0 bridgehead atoms. The summed E-state index contributed by atoms with van der Waals surface area (Å²) < 4.78 is 11.6. The molecule has 1 aliphatic heterocycles. The van der Waals surface area contributed by atoms with E-state index in [4.69, 9.17) is 15.9 Å². The maximum Gasteiger partial charge on any atom is 0.335 e. The second kappa shape index (κ2) is 10.4. The largest absolute Gasteiger partial charge is 0.493 e. The fourth-order valence-corrected chi connectivity index (χ4v) is 4.55. The van der Waals surface area contributed by atoms with Gasteiger partial charge in [-0.15, -0.1) is 6.42 Å². The van der Waals surface area contributed by atoms with Gasteiger partial charge >= 0.3 is 5.97 Å². The summed E-state index contributed by atoms with van der Waals surface area (Å²) in [6.45, 7) is 2.37. The Hall–Kier alpha value is -3.22. The number of ether oxygens (including phenoxy) is 2. The minimum absolute atomic E-state index is 0.0953. The first-order chi connectivity index (χ1) is 15.4. The summed E-state index contributed by atoms with van der Waals surface area (Å²) in [6, 6.07) is 9.81. The standard InChI is InChI=1S/C23H19BrN2O5S/c1-4-9-31-20-17(24)10-14(11-18(20)30-3)12-19-21(27)26(5-2)23(32-19)25-16-8-6-7-15(13-16)22(28)29/h1,6-8,10-13H,5,9H2,2-3H3,(H,28,29)/b19-12+,25-23?. The molecule has 1 fully saturated rings. The molecule has 9 heteroatoms. The van der Waals surface area contributed by atoms with E-state index in [1.807, 2.05) is 6.92 Å². The molecule has 1 aliphatic rings. The number of carboxylic acids is 1. The molecular weight excluding hydrogens is 496 g/mol. The molecule has 1 amide bonds. The van der Waals surface area contributed by atoms with E-state index in [0.717, 1.165) is 5.56 Å². The number of aromatic carboxylic acids is 1. The van der Waals surface area contributed by atoms with Crippen molar-refractivity contribution in [3.05, 3.63) is 56.9 Å². The summed E-state index contributed by atoms with van der Waals surface area (Å²) in [5.41, 5.74) is 1.31. The van der Waals surface area contributed by atoms with Crippen LogP contribution in [0.1, 0.15) is 22.8 Å². The second-order valence-electron chi connectivity index (χ2n) is 6.44. The summed E-state index contributed by atoms with van der Waals surface area (Å²) >= 11 is 4.68. The molecule has 1 heterocycles. The molecule has 2 aromatic carbocycles. The Kier molecular flexibility index (Phi) is 7.62. The number of methoxy groups -OCH3 is 1. The SMILES string of the molecule is C#CCOc1c(Br)cc(/C=C2/SC(=Nc3cccc(C(=O)O)c3)N(CC)C2=O)cc1OC. The molecule has 164 valence electrons. The van der Waals surface area contributed by atoms with Crippen molar-refractivity contribution < 1.29 is 24.2 Å². The minimum atomic E-state index is -1.04. The van der Waals surface area contributed by atoms with E-state index in [1.54, 1.807) is 35.2 Å². The van der Waals surface area contributed by atoms with Gasteiger partial charge in [0.15, 0.2) is 16.7 Å². The number of thioether (sulfide) groups is 1. The summed E-state index contributed by atoms with van der Waals surface area (Å²) in [5, 5.41) is 9.67. The number of carbonyl (C=O) groups excluding carboxylic acids is 1. The number of aliphatic imine (C=N–C) groups is 1. The first kappa shape index (κ1) is 23.4. The quantitative estimate of drug-likeness (QED) is 0.422. The summed E-state index contributed by atoms with van der Waals surface area (Å²) in [5.74, 6) is 2.14. The number of rotatable bonds is 7. The third-order valence-electron chi connectivity index (χ3n) is 4.37. The third kappa shape index (κ3) is 5.15. The van der Waals surface area contributed by atoms with E-state index in [0.29, 0.717) is 38.3 Å². The lowest BCUT2D eigenvalue weighted by Crippen LogP contribution is -2.28. The topological polar surface area (TPSA) is 88.4 Å². The number of carbonyl (C=O) groups is 2. The van der Waals surface area contributed by atoms with E-state index < -0.39 is 5.97 Å². The molecule has 7 nitrogen and oxygen atoms in total. The number of nitrogens with zero attached hydrogens (tertiary/aromatic N) is 2. The molecule has 3 rings (SSSR count). The fourth-order valence-electron chi connectivity index (χ4n) is 2.92. The number of halogens is 1. The highest BCUT2D eigenvalue weighted by atomic mass is 79.9. The van der Waals surface area contributed by atoms with Gasteiger partial charge in [0.2, 0.25) is 0 Å². The summed E-state index contributed by atoms with van der Waals surface area (Å²) in [4.78, 5) is 30.7. The van der Waals surface area contributed by atoms with E-state index in [2.05, 4.69) is 26.8 Å². The zero-order chi connectivity index (χ0) is 23.3. The zero-order valence-electron chi connectivity index (χ0n) is 17.3. The number of carboxylic acid groups (broad SMARTS) is 1. The first-order valence-electron chi connectivity index (χ1n) is 9.45. The normalized spacial score (nSPS) is 15.8. The summed E-state index contributed by atoms with van der Waals surface area (Å²) in [7, 11) is 1.52. The van der Waals surface area contributed by atoms with Gasteiger partial charge in [-0.3, -0.25) is 9.69 Å². The molecule has 0 aromatic heterocycles. The van der Waals surface area contributed by atoms with Crippen LogP contribution in [-0.2, 0) is 4.79 Å². The molecule has 2 aromatic rings. The number of hydrogen-bond donors (Lipinski definition) is 1. The highest BCUT2D eigenvalue weighted by molar-refractivity contribution is 9.10. The van der Waals surface area contributed by atoms with Crippen molar-refractivity contribution in [2.75, 3.05) is 20.3 Å². The lowest BCUT2D eigenvalue weighted by Gasteiger charge is -2.12. The molecule has 1 N–H and O–H groups in total. The predicted molar refractivity (Wildman–Crippen MR) is 128 cm³/mol. The molecule has 0 unspecified atom stereocenters. The average Bonchev–Trinajstić information content (AvgIpc) is 3.06. The van der Waals surface area contributed by atoms with Crippen LogP contribution in [0.4, 0.5) is 5.69 Å². The van der Waals surface area contributed by atoms with Crippen LogP contribution in [-0.4, -0.2) is 47.3 Å². The van der Waals surface area contributed by atoms with Crippen molar-refractivity contribution in [1.82, 2.24) is 4.90 Å². The van der Waals surface area contributed by atoms with Crippen LogP contribution in [0.5, 0.6) is 11.5 Å². The number of hydrogen-bond acceptors (Lipinski definition) is 6. The van der Waals surface area contributed by atoms with Gasteiger partial charge in [-0.2, -0.15) is 0 Å². The molecule has 0 radical (unpaired) electrons. The van der Waals surface area contributed by atoms with Gasteiger partial charge in [-0.25, -0.2) is 9.79 Å². The van der Waals surface area contributed by atoms with Gasteiger partial charge in [-0.05, 0) is 76.6 Å². The van der Waals surface area contributed by atoms with Gasteiger partial charge in [0.25, 0.3) is 5.91 Å². The molecule has 32 heavy (non-hydrogen) atoms. The number of amides is 1. The van der Waals surface area contributed by atoms with Crippen LogP contribution < -0.4 is 9.47 Å². The van der Waals surface area contributed by atoms with Gasteiger partial charge in [0.1, 0.15) is 6.61 Å². The highest BCUT2D eigenvalue weighted by Gasteiger charge is 2.32. The third-order valence-corrected chi connectivity index (χ3v) is 5.97. The van der Waals surface area contributed by atoms with Crippen molar-refractivity contribution in [3.8, 4) is 23.8 Å². The van der Waals surface area contributed by atoms with Crippen LogP contribution in [0.2, 0.25) is 0 Å². The van der Waals surface area contributed by atoms with E-state index in [-0.39, 0.29) is 18.1 Å². The smallest absolute Gasteiger partial charge is 0.335 e. The Balaban J connectivity index is 1.95. The van der Waals surface area contributed by atoms with Crippen molar-refractivity contribution in [2.24, 2.45) is 4.99 Å². The Bertz CT molecular complexity index is 1170. The van der Waals surface area contributed by atoms with Crippen LogP contribution in [0.3, 0.4) is 0 Å². The van der Waals surface area contributed by atoms with Gasteiger partial charge in [-0.1, -0.05) is 12.0 Å². The van der Waals surface area contributed by atoms with Crippen molar-refractivity contribution in [1.29, 1.82) is 0 Å². The molecule has 0 atom stereocenters. The Morgan fingerprint density at radius 2 is 2.16 bits per heavy atom. The second-order valence-corrected chi connectivity index (χ2v) is 8.30. The highest BCUT2D eigenvalue weighted by Crippen LogP contribution is 2.39. The lowest BCUT2D eigenvalue weighted by molar-refractivity contribution is -0.122. The van der Waals surface area contributed by atoms with Gasteiger partial charge < -0.3 is 14.6 Å². The van der Waals surface area contributed by atoms with E-state index in [1.165, 1.54) is 31.0 Å². The van der Waals surface area contributed by atoms with Crippen LogP contribution in [0.15, 0.2) is 50.8 Å². The van der Waals surface area contributed by atoms with Crippen molar-refractivity contribution in [2.45, 2.75) is 6.92 Å². The lowest BCUT2D eigenvalue weighted by atomic mass is 10.2. The number of amidine groups is 1. The van der Waals surface area contributed by atoms with Crippen LogP contribution in [0.25, 0.3) is 6.08 Å². The minimum Gasteiger partial charge on any atom is -0.493 e. The molecule has 1 saturated heterocycles. The van der Waals surface area contributed by atoms with Gasteiger partial charge in [0, 0.05) is 6.54 Å². The van der Waals surface area contributed by atoms with Crippen molar-refractivity contribution >= 4 is 56.5 Å². The number of likely N-dealkylation sites (N-methyl/N-ethyl adjacent to an activating group) is 1. The first-order valence-corrected chi connectivity index (χ1v) is 11.1. The van der Waals surface area contributed by atoms with Crippen LogP contribution in [0, 0.1) is 12.3 Å². The zero-order valence-corrected chi connectivity index (χ0v) is 19.7. The number of terminal acetylenes is 1. The average molecular weight is 515 g/mol. The van der Waals surface area contributed by atoms with E-state index >= 15 is 0 Å². The molecule has 0 spiro atoms. The maximum absolute atomic E-state index is 12.9. The number of benzene rings is 2. The Morgan fingerprint density at radius 3 is 2.81 bits per heavy atom.